The molecule has 5 heteroatoms. The summed E-state index contributed by atoms with van der Waals surface area (Å²) < 4.78 is 1.79. The Morgan fingerprint density at radius 2 is 2.00 bits per heavy atom. The van der Waals surface area contributed by atoms with Crippen LogP contribution in [0.25, 0.3) is 10.9 Å². The fraction of sp³-hybridized carbons (Fsp3) is 0.444. The van der Waals surface area contributed by atoms with Gasteiger partial charge in [-0.3, -0.25) is 9.59 Å². The van der Waals surface area contributed by atoms with Gasteiger partial charge in [-0.25, -0.2) is 0 Å². The highest BCUT2D eigenvalue weighted by atomic mass is 16.2. The highest BCUT2D eigenvalue weighted by molar-refractivity contribution is 5.82. The molecule has 23 heavy (non-hydrogen) atoms. The Balaban J connectivity index is 2.21. The number of pyridine rings is 1. The van der Waals surface area contributed by atoms with E-state index in [9.17, 15) is 9.59 Å². The molecule has 1 aromatic heterocycles. The Hall–Kier alpha value is -2.14. The minimum Gasteiger partial charge on any atom is -0.348 e. The summed E-state index contributed by atoms with van der Waals surface area (Å²) in [4.78, 5) is 24.3. The number of nitrogens with one attached hydrogen (secondary N) is 1. The lowest BCUT2D eigenvalue weighted by Crippen LogP contribution is -2.53. The maximum Gasteiger partial charge on any atom is 0.240 e. The average Bonchev–Trinajstić information content (AvgIpc) is 2.49. The van der Waals surface area contributed by atoms with Gasteiger partial charge in [0.15, 0.2) is 5.43 Å². The molecule has 0 aliphatic carbocycles. The summed E-state index contributed by atoms with van der Waals surface area (Å²) in [7, 11) is 0. The summed E-state index contributed by atoms with van der Waals surface area (Å²) >= 11 is 0. The minimum atomic E-state index is -0.417. The first-order valence-electron chi connectivity index (χ1n) is 7.94. The summed E-state index contributed by atoms with van der Waals surface area (Å²) in [5, 5.41) is 3.66. The molecule has 0 bridgehead atoms. The van der Waals surface area contributed by atoms with Crippen molar-refractivity contribution < 1.29 is 4.79 Å². The van der Waals surface area contributed by atoms with Crippen molar-refractivity contribution in [2.75, 3.05) is 6.54 Å². The fourth-order valence-electron chi connectivity index (χ4n) is 3.02. The first-order chi connectivity index (χ1) is 10.8. The van der Waals surface area contributed by atoms with E-state index in [1.807, 2.05) is 25.1 Å². The van der Waals surface area contributed by atoms with Crippen molar-refractivity contribution in [1.29, 1.82) is 0 Å². The first kappa shape index (κ1) is 17.2. The summed E-state index contributed by atoms with van der Waals surface area (Å²) in [6.07, 6.45) is 2.48. The van der Waals surface area contributed by atoms with Crippen LogP contribution in [0.3, 0.4) is 0 Å². The van der Waals surface area contributed by atoms with Crippen molar-refractivity contribution in [3.05, 3.63) is 46.8 Å². The van der Waals surface area contributed by atoms with Crippen LogP contribution in [0.4, 0.5) is 0 Å². The zero-order valence-electron chi connectivity index (χ0n) is 14.0. The van der Waals surface area contributed by atoms with Crippen molar-refractivity contribution in [1.82, 2.24) is 9.88 Å². The standard InChI is InChI=1S/C18H25N3O2/c1-13(2)10-18(3,12-19)20-17(23)11-21-9-8-16(22)14-6-4-5-7-15(14)21/h4-9,13H,10-12,19H2,1-3H3,(H,20,23). The second kappa shape index (κ2) is 6.96. The molecule has 5 nitrogen and oxygen atoms in total. The molecule has 0 aliphatic rings. The number of benzene rings is 1. The van der Waals surface area contributed by atoms with E-state index < -0.39 is 5.54 Å². The van der Waals surface area contributed by atoms with Crippen LogP contribution < -0.4 is 16.5 Å². The van der Waals surface area contributed by atoms with Crippen LogP contribution in [-0.2, 0) is 11.3 Å². The van der Waals surface area contributed by atoms with Crippen LogP contribution in [-0.4, -0.2) is 22.6 Å². The second-order valence-corrected chi connectivity index (χ2v) is 6.74. The lowest BCUT2D eigenvalue weighted by molar-refractivity contribution is -0.123. The van der Waals surface area contributed by atoms with Gasteiger partial charge in [0.05, 0.1) is 5.52 Å². The number of aromatic nitrogens is 1. The van der Waals surface area contributed by atoms with Crippen molar-refractivity contribution in [3.63, 3.8) is 0 Å². The van der Waals surface area contributed by atoms with Gasteiger partial charge < -0.3 is 15.6 Å². The molecule has 0 saturated heterocycles. The molecule has 1 aromatic carbocycles. The first-order valence-corrected chi connectivity index (χ1v) is 7.94. The number of carbonyl (C=O) groups is 1. The molecule has 0 radical (unpaired) electrons. The number of carbonyl (C=O) groups excluding carboxylic acids is 1. The molecule has 0 aliphatic heterocycles. The van der Waals surface area contributed by atoms with Gasteiger partial charge in [-0.15, -0.1) is 0 Å². The van der Waals surface area contributed by atoms with Crippen LogP contribution >= 0.6 is 0 Å². The Morgan fingerprint density at radius 3 is 2.65 bits per heavy atom. The predicted octanol–water partition coefficient (Wildman–Crippen LogP) is 1.88. The molecule has 0 fully saturated rings. The Bertz CT molecular complexity index is 751. The van der Waals surface area contributed by atoms with Gasteiger partial charge in [0, 0.05) is 29.7 Å². The van der Waals surface area contributed by atoms with Gasteiger partial charge >= 0.3 is 0 Å². The molecular formula is C18H25N3O2. The molecule has 3 N–H and O–H groups in total. The van der Waals surface area contributed by atoms with Crippen molar-refractivity contribution >= 4 is 16.8 Å². The third kappa shape index (κ3) is 4.20. The Labute approximate surface area is 136 Å². The maximum atomic E-state index is 12.4. The SMILES string of the molecule is CC(C)CC(C)(CN)NC(=O)Cn1ccc(=O)c2ccccc21. The molecule has 1 heterocycles. The van der Waals surface area contributed by atoms with Gasteiger partial charge in [-0.2, -0.15) is 0 Å². The predicted molar refractivity (Wildman–Crippen MR) is 93.3 cm³/mol. The molecule has 0 spiro atoms. The van der Waals surface area contributed by atoms with E-state index >= 15 is 0 Å². The highest BCUT2D eigenvalue weighted by Crippen LogP contribution is 2.15. The molecule has 1 unspecified atom stereocenters. The van der Waals surface area contributed by atoms with Crippen LogP contribution in [0.1, 0.15) is 27.2 Å². The van der Waals surface area contributed by atoms with Crippen molar-refractivity contribution in [3.8, 4) is 0 Å². The zero-order valence-corrected chi connectivity index (χ0v) is 14.0. The topological polar surface area (TPSA) is 77.1 Å². The smallest absolute Gasteiger partial charge is 0.240 e. The van der Waals surface area contributed by atoms with E-state index in [1.54, 1.807) is 16.8 Å². The zero-order chi connectivity index (χ0) is 17.0. The number of hydrogen-bond acceptors (Lipinski definition) is 3. The van der Waals surface area contributed by atoms with Gasteiger partial charge in [0.1, 0.15) is 6.54 Å². The lowest BCUT2D eigenvalue weighted by Gasteiger charge is -2.31. The minimum absolute atomic E-state index is 0.0381. The second-order valence-electron chi connectivity index (χ2n) is 6.74. The Kier molecular flexibility index (Phi) is 5.21. The highest BCUT2D eigenvalue weighted by Gasteiger charge is 2.25. The molecule has 124 valence electrons. The monoisotopic (exact) mass is 315 g/mol. The van der Waals surface area contributed by atoms with Gasteiger partial charge in [-0.1, -0.05) is 26.0 Å². The maximum absolute atomic E-state index is 12.4. The average molecular weight is 315 g/mol. The number of para-hydroxylation sites is 1. The number of nitrogens with two attached hydrogens (primary N) is 1. The number of fused-ring (bicyclic) bond motifs is 1. The van der Waals surface area contributed by atoms with Crippen LogP contribution in [0.5, 0.6) is 0 Å². The van der Waals surface area contributed by atoms with Gasteiger partial charge in [-0.05, 0) is 31.4 Å². The van der Waals surface area contributed by atoms with Crippen molar-refractivity contribution in [2.24, 2.45) is 11.7 Å². The molecular weight excluding hydrogens is 290 g/mol. The molecule has 2 aromatic rings. The molecule has 1 atom stereocenters. The summed E-state index contributed by atoms with van der Waals surface area (Å²) in [5.74, 6) is 0.337. The number of rotatable bonds is 6. The van der Waals surface area contributed by atoms with E-state index in [1.165, 1.54) is 6.07 Å². The number of nitrogens with zero attached hydrogens (tertiary/aromatic N) is 1. The number of amides is 1. The molecule has 1 amide bonds. The van der Waals surface area contributed by atoms with Gasteiger partial charge in [0.2, 0.25) is 5.91 Å². The molecule has 0 saturated carbocycles. The number of hydrogen-bond donors (Lipinski definition) is 2. The lowest BCUT2D eigenvalue weighted by atomic mass is 9.91. The van der Waals surface area contributed by atoms with E-state index in [-0.39, 0.29) is 17.9 Å². The quantitative estimate of drug-likeness (QED) is 0.854. The van der Waals surface area contributed by atoms with E-state index in [2.05, 4.69) is 19.2 Å². The van der Waals surface area contributed by atoms with Crippen LogP contribution in [0.2, 0.25) is 0 Å². The third-order valence-corrected chi connectivity index (χ3v) is 3.95. The summed E-state index contributed by atoms with van der Waals surface area (Å²) in [6, 6.07) is 8.79. The summed E-state index contributed by atoms with van der Waals surface area (Å²) in [5.41, 5.74) is 6.15. The van der Waals surface area contributed by atoms with E-state index in [4.69, 9.17) is 5.73 Å². The van der Waals surface area contributed by atoms with E-state index in [0.717, 1.165) is 11.9 Å². The normalized spacial score (nSPS) is 14.0. The van der Waals surface area contributed by atoms with E-state index in [0.29, 0.717) is 17.8 Å². The largest absolute Gasteiger partial charge is 0.348 e. The van der Waals surface area contributed by atoms with Crippen LogP contribution in [0.15, 0.2) is 41.3 Å². The Morgan fingerprint density at radius 1 is 1.30 bits per heavy atom. The fourth-order valence-corrected chi connectivity index (χ4v) is 3.02. The third-order valence-electron chi connectivity index (χ3n) is 3.95. The van der Waals surface area contributed by atoms with Crippen LogP contribution in [0, 0.1) is 5.92 Å². The van der Waals surface area contributed by atoms with Gasteiger partial charge in [0.25, 0.3) is 0 Å². The van der Waals surface area contributed by atoms with Crippen molar-refractivity contribution in [2.45, 2.75) is 39.3 Å². The summed E-state index contributed by atoms with van der Waals surface area (Å²) in [6.45, 7) is 6.73. The molecule has 2 rings (SSSR count).